The Hall–Kier alpha value is -3.53. The van der Waals surface area contributed by atoms with Crippen LogP contribution in [-0.4, -0.2) is 40.9 Å². The quantitative estimate of drug-likeness (QED) is 0.637. The monoisotopic (exact) mass is 424 g/mol. The number of hydrogen-bond acceptors (Lipinski definition) is 8. The Morgan fingerprint density at radius 2 is 1.93 bits per heavy atom. The van der Waals surface area contributed by atoms with Crippen LogP contribution in [0.25, 0.3) is 0 Å². The summed E-state index contributed by atoms with van der Waals surface area (Å²) < 4.78 is 17.2. The van der Waals surface area contributed by atoms with Crippen LogP contribution in [0.4, 0.5) is 11.4 Å². The van der Waals surface area contributed by atoms with Gasteiger partial charge in [-0.3, -0.25) is 9.59 Å². The summed E-state index contributed by atoms with van der Waals surface area (Å²) >= 11 is 1.11. The van der Waals surface area contributed by atoms with Gasteiger partial charge in [0.2, 0.25) is 17.9 Å². The van der Waals surface area contributed by atoms with E-state index in [2.05, 4.69) is 15.5 Å². The van der Waals surface area contributed by atoms with Gasteiger partial charge in [0, 0.05) is 0 Å². The highest BCUT2D eigenvalue weighted by atomic mass is 32.2. The second-order valence-electron chi connectivity index (χ2n) is 6.60. The van der Waals surface area contributed by atoms with E-state index in [1.54, 1.807) is 24.3 Å². The molecule has 2 aliphatic heterocycles. The van der Waals surface area contributed by atoms with Gasteiger partial charge >= 0.3 is 0 Å². The number of thioether (sulfide) groups is 1. The number of rotatable bonds is 4. The van der Waals surface area contributed by atoms with Crippen LogP contribution < -0.4 is 19.7 Å². The molecule has 30 heavy (non-hydrogen) atoms. The van der Waals surface area contributed by atoms with Crippen LogP contribution >= 0.6 is 11.8 Å². The van der Waals surface area contributed by atoms with Gasteiger partial charge in [-0.2, -0.15) is 0 Å². The zero-order valence-corrected chi connectivity index (χ0v) is 16.4. The Kier molecular flexibility index (Phi) is 4.75. The largest absolute Gasteiger partial charge is 0.485 e. The lowest BCUT2D eigenvalue weighted by Gasteiger charge is -2.28. The van der Waals surface area contributed by atoms with Crippen molar-refractivity contribution in [3.8, 4) is 11.5 Å². The lowest BCUT2D eigenvalue weighted by Crippen LogP contribution is -2.43. The molecular weight excluding hydrogens is 408 g/mol. The van der Waals surface area contributed by atoms with Gasteiger partial charge in [0.15, 0.2) is 11.5 Å². The SMILES string of the molecule is O=C1CN(C(=O)CSc2nnc([C@H]3COc4ccccc4O3)o2)c2ccccc2N1. The average molecular weight is 424 g/mol. The van der Waals surface area contributed by atoms with E-state index >= 15 is 0 Å². The molecule has 0 bridgehead atoms. The van der Waals surface area contributed by atoms with E-state index in [4.69, 9.17) is 13.9 Å². The van der Waals surface area contributed by atoms with Gasteiger partial charge < -0.3 is 24.1 Å². The molecule has 1 N–H and O–H groups in total. The van der Waals surface area contributed by atoms with E-state index in [0.29, 0.717) is 22.9 Å². The minimum absolute atomic E-state index is 0.0296. The third-order valence-electron chi connectivity index (χ3n) is 4.60. The van der Waals surface area contributed by atoms with Crippen LogP contribution in [0.5, 0.6) is 11.5 Å². The number of anilines is 2. The molecule has 0 aliphatic carbocycles. The van der Waals surface area contributed by atoms with Crippen molar-refractivity contribution in [2.45, 2.75) is 11.3 Å². The van der Waals surface area contributed by atoms with Gasteiger partial charge in [0.25, 0.3) is 11.1 Å². The number of hydrogen-bond donors (Lipinski definition) is 1. The molecule has 0 saturated heterocycles. The highest BCUT2D eigenvalue weighted by molar-refractivity contribution is 7.99. The molecule has 3 aromatic rings. The van der Waals surface area contributed by atoms with Gasteiger partial charge in [0.1, 0.15) is 13.2 Å². The van der Waals surface area contributed by atoms with Crippen molar-refractivity contribution in [1.82, 2.24) is 10.2 Å². The Balaban J connectivity index is 1.24. The predicted octanol–water partition coefficient (Wildman–Crippen LogP) is 2.66. The fraction of sp³-hybridized carbons (Fsp3) is 0.200. The van der Waals surface area contributed by atoms with Crippen molar-refractivity contribution < 1.29 is 23.5 Å². The summed E-state index contributed by atoms with van der Waals surface area (Å²) in [5.74, 6) is 1.14. The number of para-hydroxylation sites is 4. The molecule has 3 heterocycles. The molecule has 5 rings (SSSR count). The van der Waals surface area contributed by atoms with E-state index in [0.717, 1.165) is 11.8 Å². The normalized spacial score (nSPS) is 17.3. The van der Waals surface area contributed by atoms with Crippen LogP contribution in [0, 0.1) is 0 Å². The zero-order chi connectivity index (χ0) is 20.5. The zero-order valence-electron chi connectivity index (χ0n) is 15.6. The number of carbonyl (C=O) groups excluding carboxylic acids is 2. The van der Waals surface area contributed by atoms with Crippen LogP contribution in [0.2, 0.25) is 0 Å². The van der Waals surface area contributed by atoms with Crippen molar-refractivity contribution in [2.24, 2.45) is 0 Å². The molecule has 0 radical (unpaired) electrons. The fourth-order valence-electron chi connectivity index (χ4n) is 3.21. The molecule has 0 spiro atoms. The van der Waals surface area contributed by atoms with Gasteiger partial charge in [-0.15, -0.1) is 10.2 Å². The summed E-state index contributed by atoms with van der Waals surface area (Å²) in [4.78, 5) is 26.1. The van der Waals surface area contributed by atoms with Crippen molar-refractivity contribution in [3.63, 3.8) is 0 Å². The second-order valence-corrected chi connectivity index (χ2v) is 7.53. The van der Waals surface area contributed by atoms with Crippen LogP contribution in [0.1, 0.15) is 12.0 Å². The summed E-state index contributed by atoms with van der Waals surface area (Å²) in [5.41, 5.74) is 1.28. The fourth-order valence-corrected chi connectivity index (χ4v) is 3.85. The van der Waals surface area contributed by atoms with E-state index in [9.17, 15) is 9.59 Å². The molecule has 152 valence electrons. The van der Waals surface area contributed by atoms with Crippen LogP contribution in [0.15, 0.2) is 58.2 Å². The standard InChI is InChI=1S/C20H16N4O5S/c25-17-9-24(13-6-2-1-5-12(13)21-17)18(26)11-30-20-23-22-19(29-20)16-10-27-14-7-3-4-8-15(14)28-16/h1-8,16H,9-11H2,(H,21,25)/t16-/m1/s1. The molecule has 2 amide bonds. The smallest absolute Gasteiger partial charge is 0.277 e. The molecular formula is C20H16N4O5S. The molecule has 1 atom stereocenters. The number of fused-ring (bicyclic) bond motifs is 2. The molecule has 10 heteroatoms. The average Bonchev–Trinajstić information content (AvgIpc) is 3.25. The van der Waals surface area contributed by atoms with Crippen molar-refractivity contribution in [3.05, 3.63) is 54.4 Å². The van der Waals surface area contributed by atoms with Gasteiger partial charge in [-0.25, -0.2) is 0 Å². The maximum absolute atomic E-state index is 12.7. The number of nitrogens with zero attached hydrogens (tertiary/aromatic N) is 3. The lowest BCUT2D eigenvalue weighted by molar-refractivity contribution is -0.120. The Morgan fingerprint density at radius 1 is 1.13 bits per heavy atom. The van der Waals surface area contributed by atoms with Crippen LogP contribution in [-0.2, 0) is 9.59 Å². The van der Waals surface area contributed by atoms with E-state index < -0.39 is 6.10 Å². The first-order valence-electron chi connectivity index (χ1n) is 9.21. The first kappa shape index (κ1) is 18.5. The predicted molar refractivity (Wildman–Crippen MR) is 108 cm³/mol. The highest BCUT2D eigenvalue weighted by Crippen LogP contribution is 2.36. The van der Waals surface area contributed by atoms with Gasteiger partial charge in [-0.05, 0) is 24.3 Å². The van der Waals surface area contributed by atoms with Gasteiger partial charge in [-0.1, -0.05) is 36.0 Å². The van der Waals surface area contributed by atoms with Crippen molar-refractivity contribution in [1.29, 1.82) is 0 Å². The molecule has 2 aliphatic rings. The number of amides is 2. The topological polar surface area (TPSA) is 107 Å². The lowest BCUT2D eigenvalue weighted by atomic mass is 10.2. The molecule has 0 unspecified atom stereocenters. The van der Waals surface area contributed by atoms with E-state index in [1.165, 1.54) is 4.90 Å². The first-order chi connectivity index (χ1) is 14.7. The van der Waals surface area contributed by atoms with Crippen molar-refractivity contribution in [2.75, 3.05) is 29.1 Å². The molecule has 9 nitrogen and oxygen atoms in total. The summed E-state index contributed by atoms with van der Waals surface area (Å²) in [6.07, 6.45) is -0.518. The maximum Gasteiger partial charge on any atom is 0.277 e. The summed E-state index contributed by atoms with van der Waals surface area (Å²) in [6, 6.07) is 14.5. The number of benzene rings is 2. The van der Waals surface area contributed by atoms with Crippen LogP contribution in [0.3, 0.4) is 0 Å². The summed E-state index contributed by atoms with van der Waals surface area (Å²) in [5, 5.41) is 11.0. The Bertz CT molecular complexity index is 1120. The maximum atomic E-state index is 12.7. The second kappa shape index (κ2) is 7.71. The summed E-state index contributed by atoms with van der Waals surface area (Å²) in [7, 11) is 0. The third kappa shape index (κ3) is 3.57. The minimum Gasteiger partial charge on any atom is -0.485 e. The Morgan fingerprint density at radius 3 is 2.83 bits per heavy atom. The molecule has 0 fully saturated rings. The van der Waals surface area contributed by atoms with E-state index in [-0.39, 0.29) is 41.8 Å². The first-order valence-corrected chi connectivity index (χ1v) is 10.2. The molecule has 0 saturated carbocycles. The highest BCUT2D eigenvalue weighted by Gasteiger charge is 2.29. The number of nitrogens with one attached hydrogen (secondary N) is 1. The molecule has 1 aromatic heterocycles. The number of aromatic nitrogens is 2. The summed E-state index contributed by atoms with van der Waals surface area (Å²) in [6.45, 7) is 0.222. The molecule has 2 aromatic carbocycles. The van der Waals surface area contributed by atoms with E-state index in [1.807, 2.05) is 24.3 Å². The van der Waals surface area contributed by atoms with Crippen molar-refractivity contribution >= 4 is 35.0 Å². The minimum atomic E-state index is -0.518. The van der Waals surface area contributed by atoms with Gasteiger partial charge in [0.05, 0.1) is 17.1 Å². The Labute approximate surface area is 175 Å². The number of carbonyl (C=O) groups is 2. The third-order valence-corrected chi connectivity index (χ3v) is 5.40. The number of ether oxygens (including phenoxy) is 2.